The molecule has 0 saturated carbocycles. The Morgan fingerprint density at radius 2 is 1.57 bits per heavy atom. The van der Waals surface area contributed by atoms with Crippen molar-refractivity contribution < 1.29 is 13.2 Å². The van der Waals surface area contributed by atoms with Gasteiger partial charge in [0.25, 0.3) is 15.9 Å². The fourth-order valence-corrected chi connectivity index (χ4v) is 4.73. The number of nitrogens with one attached hydrogen (secondary N) is 2. The molecule has 0 aliphatic carbocycles. The van der Waals surface area contributed by atoms with E-state index in [0.29, 0.717) is 22.0 Å². The van der Waals surface area contributed by atoms with Crippen LogP contribution in [0.4, 0.5) is 11.4 Å². The normalized spacial score (nSPS) is 11.2. The molecule has 0 heterocycles. The summed E-state index contributed by atoms with van der Waals surface area (Å²) in [6.07, 6.45) is 0. The molecule has 30 heavy (non-hydrogen) atoms. The van der Waals surface area contributed by atoms with Gasteiger partial charge in [0.2, 0.25) is 0 Å². The van der Waals surface area contributed by atoms with Crippen molar-refractivity contribution in [1.29, 1.82) is 0 Å². The van der Waals surface area contributed by atoms with Gasteiger partial charge in [0.15, 0.2) is 0 Å². The van der Waals surface area contributed by atoms with Crippen LogP contribution in [0.5, 0.6) is 0 Å². The summed E-state index contributed by atoms with van der Waals surface area (Å²) < 4.78 is 28.6. The standard InChI is InChI=1S/C22H20Cl2N2O3S/c1-13-9-14(2)11-17(10-13)26-30(28,29)20-12-16(8-7-15(20)3)22(27)25-19-6-4-5-18(23)21(19)24/h4-12,26H,1-3H3,(H,25,27). The number of carbonyl (C=O) groups excluding carboxylic acids is 1. The molecule has 2 N–H and O–H groups in total. The molecule has 0 aromatic heterocycles. The topological polar surface area (TPSA) is 75.3 Å². The lowest BCUT2D eigenvalue weighted by Crippen LogP contribution is -2.17. The number of hydrogen-bond donors (Lipinski definition) is 2. The minimum Gasteiger partial charge on any atom is -0.321 e. The molecular weight excluding hydrogens is 443 g/mol. The van der Waals surface area contributed by atoms with Gasteiger partial charge in [-0.1, -0.05) is 41.4 Å². The van der Waals surface area contributed by atoms with Crippen molar-refractivity contribution in [2.24, 2.45) is 0 Å². The van der Waals surface area contributed by atoms with Crippen LogP contribution < -0.4 is 10.0 Å². The van der Waals surface area contributed by atoms with Crippen LogP contribution in [0.1, 0.15) is 27.0 Å². The number of carbonyl (C=O) groups is 1. The second-order valence-corrected chi connectivity index (χ2v) is 9.45. The second-order valence-electron chi connectivity index (χ2n) is 7.02. The van der Waals surface area contributed by atoms with E-state index in [4.69, 9.17) is 23.2 Å². The first-order valence-corrected chi connectivity index (χ1v) is 11.3. The molecule has 0 unspecified atom stereocenters. The van der Waals surface area contributed by atoms with Crippen molar-refractivity contribution in [3.05, 3.63) is 86.9 Å². The molecule has 0 spiro atoms. The summed E-state index contributed by atoms with van der Waals surface area (Å²) in [5.41, 5.74) is 3.38. The third-order valence-electron chi connectivity index (χ3n) is 4.41. The van der Waals surface area contributed by atoms with Gasteiger partial charge in [-0.25, -0.2) is 8.42 Å². The van der Waals surface area contributed by atoms with Gasteiger partial charge in [0.05, 0.1) is 20.6 Å². The highest BCUT2D eigenvalue weighted by Gasteiger charge is 2.20. The van der Waals surface area contributed by atoms with Crippen LogP contribution in [0.3, 0.4) is 0 Å². The Hall–Kier alpha value is -2.54. The zero-order valence-corrected chi connectivity index (χ0v) is 18.9. The quantitative estimate of drug-likeness (QED) is 0.490. The highest BCUT2D eigenvalue weighted by Crippen LogP contribution is 2.30. The molecule has 3 rings (SSSR count). The third kappa shape index (κ3) is 4.95. The van der Waals surface area contributed by atoms with E-state index in [1.165, 1.54) is 6.07 Å². The van der Waals surface area contributed by atoms with Crippen molar-refractivity contribution in [2.75, 3.05) is 10.0 Å². The van der Waals surface area contributed by atoms with Crippen LogP contribution in [-0.4, -0.2) is 14.3 Å². The molecule has 0 radical (unpaired) electrons. The fraction of sp³-hybridized carbons (Fsp3) is 0.136. The first kappa shape index (κ1) is 22.2. The summed E-state index contributed by atoms with van der Waals surface area (Å²) in [5, 5.41) is 3.18. The predicted octanol–water partition coefficient (Wildman–Crippen LogP) is 5.97. The van der Waals surface area contributed by atoms with Crippen molar-refractivity contribution in [3.8, 4) is 0 Å². The molecule has 1 amide bonds. The number of sulfonamides is 1. The number of anilines is 2. The van der Waals surface area contributed by atoms with Crippen LogP contribution in [0.15, 0.2) is 59.5 Å². The van der Waals surface area contributed by atoms with Crippen molar-refractivity contribution >= 4 is 50.5 Å². The highest BCUT2D eigenvalue weighted by atomic mass is 35.5. The Labute approximate surface area is 186 Å². The maximum atomic E-state index is 13.0. The van der Waals surface area contributed by atoms with E-state index in [9.17, 15) is 13.2 Å². The smallest absolute Gasteiger partial charge is 0.262 e. The predicted molar refractivity (Wildman–Crippen MR) is 122 cm³/mol. The average molecular weight is 463 g/mol. The summed E-state index contributed by atoms with van der Waals surface area (Å²) in [7, 11) is -3.90. The molecule has 5 nitrogen and oxygen atoms in total. The van der Waals surface area contributed by atoms with E-state index in [0.717, 1.165) is 11.1 Å². The minimum absolute atomic E-state index is 0.0199. The van der Waals surface area contributed by atoms with Gasteiger partial charge < -0.3 is 5.32 Å². The molecular formula is C22H20Cl2N2O3S. The summed E-state index contributed by atoms with van der Waals surface area (Å²) in [4.78, 5) is 12.7. The Morgan fingerprint density at radius 3 is 2.23 bits per heavy atom. The van der Waals surface area contributed by atoms with E-state index in [1.54, 1.807) is 49.4 Å². The molecule has 0 fully saturated rings. The van der Waals surface area contributed by atoms with Crippen molar-refractivity contribution in [2.45, 2.75) is 25.7 Å². The Morgan fingerprint density at radius 1 is 0.900 bits per heavy atom. The van der Waals surface area contributed by atoms with Crippen LogP contribution >= 0.6 is 23.2 Å². The fourth-order valence-electron chi connectivity index (χ4n) is 3.07. The Balaban J connectivity index is 1.92. The third-order valence-corrected chi connectivity index (χ3v) is 6.76. The summed E-state index contributed by atoms with van der Waals surface area (Å²) in [6, 6.07) is 14.8. The molecule has 156 valence electrons. The number of rotatable bonds is 5. The van der Waals surface area contributed by atoms with Gasteiger partial charge in [0.1, 0.15) is 0 Å². The summed E-state index contributed by atoms with van der Waals surface area (Å²) in [5.74, 6) is -0.498. The maximum absolute atomic E-state index is 13.0. The van der Waals surface area contributed by atoms with Gasteiger partial charge in [0, 0.05) is 11.3 Å². The molecule has 0 aliphatic heterocycles. The van der Waals surface area contributed by atoms with Gasteiger partial charge in [-0.2, -0.15) is 0 Å². The lowest BCUT2D eigenvalue weighted by Gasteiger charge is -2.13. The van der Waals surface area contributed by atoms with E-state index < -0.39 is 15.9 Å². The number of amides is 1. The zero-order valence-electron chi connectivity index (χ0n) is 16.6. The van der Waals surface area contributed by atoms with Gasteiger partial charge in [-0.3, -0.25) is 9.52 Å². The molecule has 0 saturated heterocycles. The molecule has 3 aromatic rings. The number of benzene rings is 3. The SMILES string of the molecule is Cc1cc(C)cc(NS(=O)(=O)c2cc(C(=O)Nc3cccc(Cl)c3Cl)ccc2C)c1. The molecule has 0 atom stereocenters. The first-order chi connectivity index (χ1) is 14.1. The number of halogens is 2. The summed E-state index contributed by atoms with van der Waals surface area (Å²) in [6.45, 7) is 5.45. The highest BCUT2D eigenvalue weighted by molar-refractivity contribution is 7.92. The second kappa shape index (κ2) is 8.68. The van der Waals surface area contributed by atoms with Gasteiger partial charge in [-0.15, -0.1) is 0 Å². The maximum Gasteiger partial charge on any atom is 0.262 e. The van der Waals surface area contributed by atoms with Crippen molar-refractivity contribution in [3.63, 3.8) is 0 Å². The van der Waals surface area contributed by atoms with Crippen LogP contribution in [0, 0.1) is 20.8 Å². The number of aryl methyl sites for hydroxylation is 3. The lowest BCUT2D eigenvalue weighted by atomic mass is 10.1. The van der Waals surface area contributed by atoms with Crippen LogP contribution in [-0.2, 0) is 10.0 Å². The van der Waals surface area contributed by atoms with E-state index in [2.05, 4.69) is 10.0 Å². The van der Waals surface area contributed by atoms with E-state index >= 15 is 0 Å². The van der Waals surface area contributed by atoms with Crippen LogP contribution in [0.25, 0.3) is 0 Å². The van der Waals surface area contributed by atoms with E-state index in [1.807, 2.05) is 19.9 Å². The summed E-state index contributed by atoms with van der Waals surface area (Å²) >= 11 is 12.1. The molecule has 8 heteroatoms. The zero-order chi connectivity index (χ0) is 22.1. The number of hydrogen-bond acceptors (Lipinski definition) is 3. The minimum atomic E-state index is -3.90. The average Bonchev–Trinajstić information content (AvgIpc) is 2.64. The van der Waals surface area contributed by atoms with E-state index in [-0.39, 0.29) is 15.5 Å². The monoisotopic (exact) mass is 462 g/mol. The van der Waals surface area contributed by atoms with Crippen LogP contribution in [0.2, 0.25) is 10.0 Å². The van der Waals surface area contributed by atoms with Gasteiger partial charge in [-0.05, 0) is 73.9 Å². The molecule has 3 aromatic carbocycles. The molecule has 0 aliphatic rings. The van der Waals surface area contributed by atoms with Gasteiger partial charge >= 0.3 is 0 Å². The Bertz CT molecular complexity index is 1220. The van der Waals surface area contributed by atoms with Crippen molar-refractivity contribution in [1.82, 2.24) is 0 Å². The lowest BCUT2D eigenvalue weighted by molar-refractivity contribution is 0.102. The molecule has 0 bridgehead atoms. The first-order valence-electron chi connectivity index (χ1n) is 9.04. The Kier molecular flexibility index (Phi) is 6.41. The largest absolute Gasteiger partial charge is 0.321 e.